The quantitative estimate of drug-likeness (QED) is 0.886. The Balaban J connectivity index is 1.99. The van der Waals surface area contributed by atoms with E-state index in [9.17, 15) is 4.79 Å². The number of nitrogens with one attached hydrogen (secondary N) is 1. The van der Waals surface area contributed by atoms with Crippen molar-refractivity contribution in [1.82, 2.24) is 14.9 Å². The van der Waals surface area contributed by atoms with Crippen LogP contribution in [0.15, 0.2) is 18.2 Å². The van der Waals surface area contributed by atoms with Crippen molar-refractivity contribution in [2.24, 2.45) is 7.05 Å². The number of carbonyl (C=O) groups excluding carboxylic acids is 1. The van der Waals surface area contributed by atoms with Gasteiger partial charge in [-0.2, -0.15) is 0 Å². The summed E-state index contributed by atoms with van der Waals surface area (Å²) in [6, 6.07) is 5.80. The van der Waals surface area contributed by atoms with Crippen molar-refractivity contribution in [3.05, 3.63) is 29.0 Å². The first-order valence-electron chi connectivity index (χ1n) is 5.58. The van der Waals surface area contributed by atoms with Crippen molar-refractivity contribution < 1.29 is 4.79 Å². The molecule has 88 valence electrons. The van der Waals surface area contributed by atoms with E-state index in [2.05, 4.69) is 10.3 Å². The van der Waals surface area contributed by atoms with E-state index in [1.807, 2.05) is 19.2 Å². The average Bonchev–Trinajstić information content (AvgIpc) is 3.07. The monoisotopic (exact) mass is 249 g/mol. The van der Waals surface area contributed by atoms with Crippen LogP contribution in [-0.4, -0.2) is 21.5 Å². The number of hydrogen-bond acceptors (Lipinski definition) is 2. The lowest BCUT2D eigenvalue weighted by Gasteiger charge is -2.03. The van der Waals surface area contributed by atoms with Gasteiger partial charge in [-0.25, -0.2) is 4.98 Å². The van der Waals surface area contributed by atoms with Crippen molar-refractivity contribution in [2.75, 3.05) is 0 Å². The molecule has 1 amide bonds. The van der Waals surface area contributed by atoms with Crippen molar-refractivity contribution in [3.63, 3.8) is 0 Å². The molecule has 1 heterocycles. The van der Waals surface area contributed by atoms with Crippen molar-refractivity contribution in [2.45, 2.75) is 18.9 Å². The summed E-state index contributed by atoms with van der Waals surface area (Å²) in [5, 5.41) is 3.39. The molecule has 0 bridgehead atoms. The molecule has 1 saturated carbocycles. The van der Waals surface area contributed by atoms with Crippen molar-refractivity contribution in [3.8, 4) is 0 Å². The predicted molar refractivity (Wildman–Crippen MR) is 66.2 cm³/mol. The maximum atomic E-state index is 11.9. The maximum absolute atomic E-state index is 11.9. The number of rotatable bonds is 2. The molecule has 0 unspecified atom stereocenters. The fourth-order valence-corrected chi connectivity index (χ4v) is 1.98. The van der Waals surface area contributed by atoms with Crippen LogP contribution in [0.2, 0.25) is 5.28 Å². The fourth-order valence-electron chi connectivity index (χ4n) is 1.80. The third kappa shape index (κ3) is 1.89. The van der Waals surface area contributed by atoms with E-state index >= 15 is 0 Å². The van der Waals surface area contributed by atoms with E-state index < -0.39 is 0 Å². The summed E-state index contributed by atoms with van der Waals surface area (Å²) in [5.74, 6) is -0.0216. The highest BCUT2D eigenvalue weighted by molar-refractivity contribution is 6.29. The number of halogens is 1. The molecule has 0 saturated heterocycles. The number of aromatic nitrogens is 2. The van der Waals surface area contributed by atoms with Gasteiger partial charge in [0.1, 0.15) is 0 Å². The maximum Gasteiger partial charge on any atom is 0.251 e. The molecule has 1 aliphatic carbocycles. The highest BCUT2D eigenvalue weighted by Gasteiger charge is 2.24. The summed E-state index contributed by atoms with van der Waals surface area (Å²) >= 11 is 5.93. The fraction of sp³-hybridized carbons (Fsp3) is 0.333. The molecule has 0 radical (unpaired) electrons. The summed E-state index contributed by atoms with van der Waals surface area (Å²) in [6.45, 7) is 0. The van der Waals surface area contributed by atoms with Gasteiger partial charge in [0.05, 0.1) is 11.0 Å². The van der Waals surface area contributed by atoms with E-state index in [1.54, 1.807) is 10.6 Å². The zero-order chi connectivity index (χ0) is 12.0. The molecule has 1 N–H and O–H groups in total. The Labute approximate surface area is 104 Å². The number of benzene rings is 1. The molecular weight excluding hydrogens is 238 g/mol. The number of imidazole rings is 1. The van der Waals surface area contributed by atoms with Gasteiger partial charge in [-0.15, -0.1) is 0 Å². The van der Waals surface area contributed by atoms with E-state index in [0.717, 1.165) is 23.9 Å². The van der Waals surface area contributed by atoms with Crippen LogP contribution in [-0.2, 0) is 7.05 Å². The lowest BCUT2D eigenvalue weighted by molar-refractivity contribution is 0.0951. The molecule has 4 nitrogen and oxygen atoms in total. The standard InChI is InChI=1S/C12H12ClN3O/c1-16-10-6-7(11(17)14-8-3-4-8)2-5-9(10)15-12(16)13/h2,5-6,8H,3-4H2,1H3,(H,14,17). The van der Waals surface area contributed by atoms with Crippen LogP contribution >= 0.6 is 11.6 Å². The van der Waals surface area contributed by atoms with Gasteiger partial charge in [-0.3, -0.25) is 4.79 Å². The minimum atomic E-state index is -0.0216. The van der Waals surface area contributed by atoms with Gasteiger partial charge in [-0.1, -0.05) is 0 Å². The summed E-state index contributed by atoms with van der Waals surface area (Å²) in [7, 11) is 1.83. The Hall–Kier alpha value is -1.55. The molecule has 1 aromatic heterocycles. The number of carbonyl (C=O) groups is 1. The molecule has 1 aromatic carbocycles. The third-order valence-electron chi connectivity index (χ3n) is 3.00. The highest BCUT2D eigenvalue weighted by Crippen LogP contribution is 2.22. The Morgan fingerprint density at radius 1 is 1.53 bits per heavy atom. The second-order valence-corrected chi connectivity index (χ2v) is 4.73. The van der Waals surface area contributed by atoms with E-state index in [4.69, 9.17) is 11.6 Å². The topological polar surface area (TPSA) is 46.9 Å². The Kier molecular flexibility index (Phi) is 2.33. The van der Waals surface area contributed by atoms with Gasteiger partial charge in [0, 0.05) is 18.7 Å². The Morgan fingerprint density at radius 2 is 2.29 bits per heavy atom. The number of aryl methyl sites for hydroxylation is 1. The van der Waals surface area contributed by atoms with Gasteiger partial charge in [0.25, 0.3) is 5.91 Å². The van der Waals surface area contributed by atoms with E-state index in [0.29, 0.717) is 16.9 Å². The summed E-state index contributed by atoms with van der Waals surface area (Å²) in [4.78, 5) is 16.1. The summed E-state index contributed by atoms with van der Waals surface area (Å²) < 4.78 is 1.77. The van der Waals surface area contributed by atoms with Crippen LogP contribution in [0.25, 0.3) is 11.0 Å². The molecule has 0 aliphatic heterocycles. The van der Waals surface area contributed by atoms with Gasteiger partial charge < -0.3 is 9.88 Å². The van der Waals surface area contributed by atoms with Crippen LogP contribution in [0.4, 0.5) is 0 Å². The van der Waals surface area contributed by atoms with Crippen molar-refractivity contribution in [1.29, 1.82) is 0 Å². The molecule has 1 fully saturated rings. The number of amides is 1. The van der Waals surface area contributed by atoms with Crippen LogP contribution in [0.1, 0.15) is 23.2 Å². The molecule has 3 rings (SSSR count). The first-order valence-corrected chi connectivity index (χ1v) is 5.96. The Morgan fingerprint density at radius 3 is 3.00 bits per heavy atom. The molecule has 2 aromatic rings. The van der Waals surface area contributed by atoms with Crippen LogP contribution in [0, 0.1) is 0 Å². The zero-order valence-electron chi connectivity index (χ0n) is 9.40. The van der Waals surface area contributed by atoms with Gasteiger partial charge in [0.15, 0.2) is 0 Å². The largest absolute Gasteiger partial charge is 0.349 e. The summed E-state index contributed by atoms with van der Waals surface area (Å²) in [6.07, 6.45) is 2.18. The lowest BCUT2D eigenvalue weighted by atomic mass is 10.2. The molecule has 0 atom stereocenters. The van der Waals surface area contributed by atoms with E-state index in [-0.39, 0.29) is 5.91 Å². The normalized spacial score (nSPS) is 15.2. The first-order chi connectivity index (χ1) is 8.15. The third-order valence-corrected chi connectivity index (χ3v) is 3.34. The first kappa shape index (κ1) is 10.6. The number of hydrogen-bond donors (Lipinski definition) is 1. The summed E-state index contributed by atoms with van der Waals surface area (Å²) in [5.41, 5.74) is 2.34. The van der Waals surface area contributed by atoms with Gasteiger partial charge in [0.2, 0.25) is 5.28 Å². The van der Waals surface area contributed by atoms with Gasteiger partial charge in [-0.05, 0) is 42.6 Å². The molecule has 1 aliphatic rings. The lowest BCUT2D eigenvalue weighted by Crippen LogP contribution is -2.25. The smallest absolute Gasteiger partial charge is 0.251 e. The average molecular weight is 250 g/mol. The molecule has 17 heavy (non-hydrogen) atoms. The highest BCUT2D eigenvalue weighted by atomic mass is 35.5. The van der Waals surface area contributed by atoms with Crippen molar-refractivity contribution >= 4 is 28.5 Å². The Bertz CT molecular complexity index is 601. The SMILES string of the molecule is Cn1c(Cl)nc2ccc(C(=O)NC3CC3)cc21. The molecule has 5 heteroatoms. The van der Waals surface area contributed by atoms with E-state index in [1.165, 1.54) is 0 Å². The molecular formula is C12H12ClN3O. The van der Waals surface area contributed by atoms with Crippen LogP contribution < -0.4 is 5.32 Å². The minimum absolute atomic E-state index is 0.0216. The molecule has 0 spiro atoms. The number of fused-ring (bicyclic) bond motifs is 1. The zero-order valence-corrected chi connectivity index (χ0v) is 10.2. The van der Waals surface area contributed by atoms with Crippen LogP contribution in [0.5, 0.6) is 0 Å². The second-order valence-electron chi connectivity index (χ2n) is 4.39. The van der Waals surface area contributed by atoms with Gasteiger partial charge >= 0.3 is 0 Å². The number of nitrogens with zero attached hydrogens (tertiary/aromatic N) is 2. The minimum Gasteiger partial charge on any atom is -0.349 e. The second kappa shape index (κ2) is 3.74. The predicted octanol–water partition coefficient (Wildman–Crippen LogP) is 2.12. The van der Waals surface area contributed by atoms with Crippen LogP contribution in [0.3, 0.4) is 0 Å².